The standard InChI is InChI=1S/C14H15NO4/c16-14(17)10-5-3-6-11-13(10)15-12(19-11)8-9-4-1-2-7-18-9/h3,5-6,9H,1-2,4,7-8H2,(H,16,17). The van der Waals surface area contributed by atoms with Crippen molar-refractivity contribution < 1.29 is 19.1 Å². The summed E-state index contributed by atoms with van der Waals surface area (Å²) >= 11 is 0. The number of aromatic carboxylic acids is 1. The highest BCUT2D eigenvalue weighted by molar-refractivity contribution is 6.00. The number of ether oxygens (including phenoxy) is 1. The first kappa shape index (κ1) is 12.2. The van der Waals surface area contributed by atoms with E-state index in [0.717, 1.165) is 25.9 Å². The molecule has 0 saturated carbocycles. The van der Waals surface area contributed by atoms with Gasteiger partial charge >= 0.3 is 5.97 Å². The van der Waals surface area contributed by atoms with Crippen molar-refractivity contribution in [3.63, 3.8) is 0 Å². The van der Waals surface area contributed by atoms with Gasteiger partial charge in [0.05, 0.1) is 18.1 Å². The lowest BCUT2D eigenvalue weighted by atomic mass is 10.1. The molecule has 2 aromatic rings. The van der Waals surface area contributed by atoms with E-state index >= 15 is 0 Å². The SMILES string of the molecule is O=C(O)c1cccc2oc(CC3CCCCO3)nc12. The molecule has 0 aliphatic carbocycles. The van der Waals surface area contributed by atoms with Gasteiger partial charge in [-0.05, 0) is 31.4 Å². The molecule has 0 spiro atoms. The van der Waals surface area contributed by atoms with Crippen LogP contribution < -0.4 is 0 Å². The van der Waals surface area contributed by atoms with Crippen molar-refractivity contribution in [3.05, 3.63) is 29.7 Å². The summed E-state index contributed by atoms with van der Waals surface area (Å²) < 4.78 is 11.2. The van der Waals surface area contributed by atoms with Gasteiger partial charge in [0.15, 0.2) is 11.5 Å². The fraction of sp³-hybridized carbons (Fsp3) is 0.429. The second-order valence-electron chi connectivity index (χ2n) is 4.76. The van der Waals surface area contributed by atoms with Crippen LogP contribution in [0.3, 0.4) is 0 Å². The minimum absolute atomic E-state index is 0.134. The van der Waals surface area contributed by atoms with Crippen molar-refractivity contribution in [2.45, 2.75) is 31.8 Å². The van der Waals surface area contributed by atoms with Crippen molar-refractivity contribution >= 4 is 17.1 Å². The highest BCUT2D eigenvalue weighted by atomic mass is 16.5. The van der Waals surface area contributed by atoms with Gasteiger partial charge in [-0.1, -0.05) is 6.07 Å². The molecule has 2 heterocycles. The van der Waals surface area contributed by atoms with Crippen LogP contribution in [0.2, 0.25) is 0 Å². The molecule has 1 N–H and O–H groups in total. The van der Waals surface area contributed by atoms with Crippen LogP contribution in [0, 0.1) is 0 Å². The molecule has 0 bridgehead atoms. The average molecular weight is 261 g/mol. The third kappa shape index (κ3) is 2.46. The zero-order valence-electron chi connectivity index (χ0n) is 10.5. The van der Waals surface area contributed by atoms with E-state index in [2.05, 4.69) is 4.98 Å². The molecule has 1 aromatic heterocycles. The zero-order chi connectivity index (χ0) is 13.2. The maximum atomic E-state index is 11.1. The lowest BCUT2D eigenvalue weighted by Crippen LogP contribution is -2.21. The summed E-state index contributed by atoms with van der Waals surface area (Å²) in [5.74, 6) is -0.435. The molecule has 0 amide bonds. The first-order valence-electron chi connectivity index (χ1n) is 6.47. The molecule has 5 nitrogen and oxygen atoms in total. The van der Waals surface area contributed by atoms with Gasteiger partial charge < -0.3 is 14.3 Å². The number of nitrogens with zero attached hydrogens (tertiary/aromatic N) is 1. The van der Waals surface area contributed by atoms with Crippen molar-refractivity contribution in [2.75, 3.05) is 6.61 Å². The molecule has 1 atom stereocenters. The van der Waals surface area contributed by atoms with E-state index in [-0.39, 0.29) is 11.7 Å². The Labute approximate surface area is 110 Å². The Morgan fingerprint density at radius 1 is 1.42 bits per heavy atom. The highest BCUT2D eigenvalue weighted by Crippen LogP contribution is 2.23. The van der Waals surface area contributed by atoms with Gasteiger partial charge in [-0.15, -0.1) is 0 Å². The summed E-state index contributed by atoms with van der Waals surface area (Å²) in [6.07, 6.45) is 4.01. The second kappa shape index (κ2) is 5.01. The normalized spacial score (nSPS) is 19.7. The molecule has 19 heavy (non-hydrogen) atoms. The van der Waals surface area contributed by atoms with E-state index in [0.29, 0.717) is 23.4 Å². The summed E-state index contributed by atoms with van der Waals surface area (Å²) in [4.78, 5) is 15.4. The van der Waals surface area contributed by atoms with E-state index in [1.54, 1.807) is 12.1 Å². The van der Waals surface area contributed by atoms with E-state index in [1.165, 1.54) is 6.07 Å². The Hall–Kier alpha value is -1.88. The molecule has 1 fully saturated rings. The lowest BCUT2D eigenvalue weighted by molar-refractivity contribution is 0.0134. The molecule has 1 aliphatic heterocycles. The van der Waals surface area contributed by atoms with Gasteiger partial charge in [0.1, 0.15) is 5.52 Å². The van der Waals surface area contributed by atoms with Crippen molar-refractivity contribution in [3.8, 4) is 0 Å². The van der Waals surface area contributed by atoms with Crippen LogP contribution in [-0.2, 0) is 11.2 Å². The zero-order valence-corrected chi connectivity index (χ0v) is 10.5. The Balaban J connectivity index is 1.88. The fourth-order valence-corrected chi connectivity index (χ4v) is 2.42. The Morgan fingerprint density at radius 2 is 2.32 bits per heavy atom. The van der Waals surface area contributed by atoms with E-state index in [4.69, 9.17) is 14.3 Å². The van der Waals surface area contributed by atoms with Gasteiger partial charge in [0, 0.05) is 6.61 Å². The van der Waals surface area contributed by atoms with Gasteiger partial charge in [-0.25, -0.2) is 9.78 Å². The molecule has 3 rings (SSSR count). The molecule has 5 heteroatoms. The maximum absolute atomic E-state index is 11.1. The smallest absolute Gasteiger partial charge is 0.338 e. The Morgan fingerprint density at radius 3 is 3.05 bits per heavy atom. The number of para-hydroxylation sites is 1. The number of rotatable bonds is 3. The monoisotopic (exact) mass is 261 g/mol. The summed E-state index contributed by atoms with van der Waals surface area (Å²) in [5, 5.41) is 9.11. The third-order valence-electron chi connectivity index (χ3n) is 3.37. The number of carboxylic acid groups (broad SMARTS) is 1. The quantitative estimate of drug-likeness (QED) is 0.919. The lowest BCUT2D eigenvalue weighted by Gasteiger charge is -2.20. The minimum atomic E-state index is -0.987. The molecule has 1 aliphatic rings. The van der Waals surface area contributed by atoms with Crippen LogP contribution in [0.4, 0.5) is 0 Å². The van der Waals surface area contributed by atoms with Gasteiger partial charge in [0.2, 0.25) is 0 Å². The molecular formula is C14H15NO4. The number of hydrogen-bond acceptors (Lipinski definition) is 4. The second-order valence-corrected chi connectivity index (χ2v) is 4.76. The Kier molecular flexibility index (Phi) is 3.21. The van der Waals surface area contributed by atoms with Crippen molar-refractivity contribution in [1.82, 2.24) is 4.98 Å². The number of fused-ring (bicyclic) bond motifs is 1. The number of carboxylic acids is 1. The summed E-state index contributed by atoms with van der Waals surface area (Å²) in [7, 11) is 0. The molecule has 1 saturated heterocycles. The van der Waals surface area contributed by atoms with E-state index in [9.17, 15) is 4.79 Å². The predicted molar refractivity (Wildman–Crippen MR) is 68.3 cm³/mol. The Bertz CT molecular complexity index is 599. The summed E-state index contributed by atoms with van der Waals surface area (Å²) in [5.41, 5.74) is 1.11. The predicted octanol–water partition coefficient (Wildman–Crippen LogP) is 2.64. The third-order valence-corrected chi connectivity index (χ3v) is 3.37. The maximum Gasteiger partial charge on any atom is 0.338 e. The number of hydrogen-bond donors (Lipinski definition) is 1. The van der Waals surface area contributed by atoms with Crippen molar-refractivity contribution in [2.24, 2.45) is 0 Å². The van der Waals surface area contributed by atoms with Crippen LogP contribution in [-0.4, -0.2) is 28.8 Å². The fourth-order valence-electron chi connectivity index (χ4n) is 2.42. The van der Waals surface area contributed by atoms with E-state index in [1.807, 2.05) is 0 Å². The molecule has 1 unspecified atom stereocenters. The number of carbonyl (C=O) groups is 1. The van der Waals surface area contributed by atoms with Crippen LogP contribution >= 0.6 is 0 Å². The van der Waals surface area contributed by atoms with Crippen LogP contribution in [0.25, 0.3) is 11.1 Å². The molecular weight excluding hydrogens is 246 g/mol. The summed E-state index contributed by atoms with van der Waals surface area (Å²) in [6, 6.07) is 4.94. The molecule has 1 aromatic carbocycles. The molecule has 0 radical (unpaired) electrons. The van der Waals surface area contributed by atoms with Crippen LogP contribution in [0.15, 0.2) is 22.6 Å². The van der Waals surface area contributed by atoms with Gasteiger partial charge in [-0.3, -0.25) is 0 Å². The number of oxazole rings is 1. The number of aromatic nitrogens is 1. The topological polar surface area (TPSA) is 72.6 Å². The minimum Gasteiger partial charge on any atom is -0.478 e. The van der Waals surface area contributed by atoms with Crippen molar-refractivity contribution in [1.29, 1.82) is 0 Å². The van der Waals surface area contributed by atoms with Crippen LogP contribution in [0.5, 0.6) is 0 Å². The van der Waals surface area contributed by atoms with E-state index < -0.39 is 5.97 Å². The number of benzene rings is 1. The first-order chi connectivity index (χ1) is 9.24. The van der Waals surface area contributed by atoms with Gasteiger partial charge in [-0.2, -0.15) is 0 Å². The summed E-state index contributed by atoms with van der Waals surface area (Å²) in [6.45, 7) is 0.783. The average Bonchev–Trinajstić information content (AvgIpc) is 2.81. The molecule has 100 valence electrons. The van der Waals surface area contributed by atoms with Crippen LogP contribution in [0.1, 0.15) is 35.5 Å². The van der Waals surface area contributed by atoms with Gasteiger partial charge in [0.25, 0.3) is 0 Å². The first-order valence-corrected chi connectivity index (χ1v) is 6.47. The largest absolute Gasteiger partial charge is 0.478 e. The highest BCUT2D eigenvalue weighted by Gasteiger charge is 2.19.